The number of ether oxygens (including phenoxy) is 1. The van der Waals surface area contributed by atoms with E-state index in [4.69, 9.17) is 17.4 Å². The van der Waals surface area contributed by atoms with Gasteiger partial charge in [-0.05, 0) is 12.1 Å². The van der Waals surface area contributed by atoms with Crippen molar-refractivity contribution in [1.82, 2.24) is 4.98 Å². The number of nitrogens with zero attached hydrogens (tertiary/aromatic N) is 1. The smallest absolute Gasteiger partial charge is 0.412 e. The molecule has 0 aromatic carbocycles. The molecule has 0 aliphatic heterocycles. The van der Waals surface area contributed by atoms with Crippen molar-refractivity contribution < 1.29 is 9.53 Å². The monoisotopic (exact) mass is 216 g/mol. The molecule has 1 rings (SSSR count). The van der Waals surface area contributed by atoms with Crippen molar-refractivity contribution in [1.29, 1.82) is 0 Å². The second kappa shape index (κ2) is 4.64. The van der Waals surface area contributed by atoms with Crippen LogP contribution >= 0.6 is 11.6 Å². The highest BCUT2D eigenvalue weighted by atomic mass is 35.5. The van der Waals surface area contributed by atoms with Crippen LogP contribution in [0, 0.1) is 0 Å². The molecule has 1 amide bonds. The number of halogens is 1. The molecule has 0 aliphatic carbocycles. The molecule has 76 valence electrons. The standard InChI is InChI=1S/C7H9ClN4O2/c1-14-7(13)11-6-4(8)2-3-5(10-6)12-9/h2-3H,9H2,1H3,(H2,10,11,12,13). The fourth-order valence-electron chi connectivity index (χ4n) is 0.758. The van der Waals surface area contributed by atoms with Gasteiger partial charge in [-0.25, -0.2) is 15.6 Å². The van der Waals surface area contributed by atoms with Crippen LogP contribution in [-0.4, -0.2) is 18.2 Å². The van der Waals surface area contributed by atoms with Gasteiger partial charge < -0.3 is 10.2 Å². The Morgan fingerprint density at radius 2 is 2.36 bits per heavy atom. The summed E-state index contributed by atoms with van der Waals surface area (Å²) in [5.74, 6) is 5.71. The number of nitrogens with one attached hydrogen (secondary N) is 2. The molecule has 14 heavy (non-hydrogen) atoms. The highest BCUT2D eigenvalue weighted by molar-refractivity contribution is 6.33. The molecule has 0 aliphatic rings. The Kier molecular flexibility index (Phi) is 3.49. The maximum Gasteiger partial charge on any atom is 0.412 e. The molecule has 0 unspecified atom stereocenters. The van der Waals surface area contributed by atoms with E-state index in [1.54, 1.807) is 12.1 Å². The van der Waals surface area contributed by atoms with Gasteiger partial charge in [0.05, 0.1) is 12.1 Å². The highest BCUT2D eigenvalue weighted by Gasteiger charge is 2.07. The van der Waals surface area contributed by atoms with E-state index in [1.165, 1.54) is 7.11 Å². The molecule has 1 aromatic rings. The van der Waals surface area contributed by atoms with Gasteiger partial charge >= 0.3 is 6.09 Å². The Labute approximate surface area is 85.4 Å². The fourth-order valence-corrected chi connectivity index (χ4v) is 0.910. The number of carbonyl (C=O) groups is 1. The third-order valence-corrected chi connectivity index (χ3v) is 1.70. The first kappa shape index (κ1) is 10.6. The SMILES string of the molecule is COC(=O)Nc1nc(NN)ccc1Cl. The minimum absolute atomic E-state index is 0.189. The van der Waals surface area contributed by atoms with E-state index in [0.29, 0.717) is 10.8 Å². The Morgan fingerprint density at radius 3 is 2.93 bits per heavy atom. The van der Waals surface area contributed by atoms with Crippen molar-refractivity contribution in [2.75, 3.05) is 17.9 Å². The van der Waals surface area contributed by atoms with E-state index < -0.39 is 6.09 Å². The summed E-state index contributed by atoms with van der Waals surface area (Å²) in [6.45, 7) is 0. The van der Waals surface area contributed by atoms with Crippen molar-refractivity contribution in [3.63, 3.8) is 0 Å². The molecular formula is C7H9ClN4O2. The number of rotatable bonds is 2. The van der Waals surface area contributed by atoms with Gasteiger partial charge in [-0.15, -0.1) is 0 Å². The summed E-state index contributed by atoms with van der Waals surface area (Å²) in [6.07, 6.45) is -0.645. The topological polar surface area (TPSA) is 89.3 Å². The Bertz CT molecular complexity index is 344. The second-order valence-corrected chi connectivity index (χ2v) is 2.70. The summed E-state index contributed by atoms with van der Waals surface area (Å²) in [5, 5.41) is 2.64. The van der Waals surface area contributed by atoms with Crippen LogP contribution in [-0.2, 0) is 4.74 Å². The predicted molar refractivity (Wildman–Crippen MR) is 53.1 cm³/mol. The van der Waals surface area contributed by atoms with Crippen LogP contribution in [0.3, 0.4) is 0 Å². The van der Waals surface area contributed by atoms with Gasteiger partial charge in [-0.1, -0.05) is 11.6 Å². The lowest BCUT2D eigenvalue weighted by Gasteiger charge is -2.06. The van der Waals surface area contributed by atoms with E-state index in [0.717, 1.165) is 0 Å². The van der Waals surface area contributed by atoms with E-state index in [-0.39, 0.29) is 5.82 Å². The molecule has 0 radical (unpaired) electrons. The molecule has 0 spiro atoms. The average molecular weight is 217 g/mol. The second-order valence-electron chi connectivity index (χ2n) is 2.29. The van der Waals surface area contributed by atoms with E-state index in [1.807, 2.05) is 0 Å². The van der Waals surface area contributed by atoms with E-state index in [2.05, 4.69) is 20.5 Å². The molecule has 0 bridgehead atoms. The van der Waals surface area contributed by atoms with Crippen molar-refractivity contribution >= 4 is 29.3 Å². The first-order valence-corrected chi connectivity index (χ1v) is 4.03. The first-order valence-electron chi connectivity index (χ1n) is 3.65. The lowest BCUT2D eigenvalue weighted by Crippen LogP contribution is -2.14. The number of anilines is 2. The number of hydrogen-bond donors (Lipinski definition) is 3. The number of aromatic nitrogens is 1. The molecule has 1 heterocycles. The number of hydrogen-bond acceptors (Lipinski definition) is 5. The molecular weight excluding hydrogens is 208 g/mol. The molecule has 0 saturated heterocycles. The van der Waals surface area contributed by atoms with Crippen LogP contribution in [0.5, 0.6) is 0 Å². The third kappa shape index (κ3) is 2.48. The number of hydrazine groups is 1. The summed E-state index contributed by atoms with van der Waals surface area (Å²) in [5.41, 5.74) is 2.32. The van der Waals surface area contributed by atoms with Gasteiger partial charge in [0.1, 0.15) is 5.82 Å². The summed E-state index contributed by atoms with van der Waals surface area (Å²) >= 11 is 5.75. The number of nitrogens with two attached hydrogens (primary N) is 1. The van der Waals surface area contributed by atoms with Crippen molar-refractivity contribution in [2.24, 2.45) is 5.84 Å². The van der Waals surface area contributed by atoms with Crippen LogP contribution in [0.1, 0.15) is 0 Å². The molecule has 1 aromatic heterocycles. The van der Waals surface area contributed by atoms with Gasteiger partial charge in [-0.2, -0.15) is 0 Å². The van der Waals surface area contributed by atoms with Gasteiger partial charge in [0.15, 0.2) is 5.82 Å². The molecule has 7 heteroatoms. The number of nitrogen functional groups attached to an aromatic ring is 1. The zero-order valence-corrected chi connectivity index (χ0v) is 8.13. The average Bonchev–Trinajstić information content (AvgIpc) is 2.21. The van der Waals surface area contributed by atoms with Crippen molar-refractivity contribution in [3.8, 4) is 0 Å². The lowest BCUT2D eigenvalue weighted by atomic mass is 10.4. The summed E-state index contributed by atoms with van der Waals surface area (Å²) in [6, 6.07) is 3.12. The van der Waals surface area contributed by atoms with E-state index >= 15 is 0 Å². The zero-order valence-electron chi connectivity index (χ0n) is 7.37. The molecule has 0 fully saturated rings. The van der Waals surface area contributed by atoms with Gasteiger partial charge in [0.2, 0.25) is 0 Å². The number of pyridine rings is 1. The minimum atomic E-state index is -0.645. The first-order chi connectivity index (χ1) is 6.67. The molecule has 4 N–H and O–H groups in total. The fraction of sp³-hybridized carbons (Fsp3) is 0.143. The zero-order chi connectivity index (χ0) is 10.6. The van der Waals surface area contributed by atoms with Crippen LogP contribution in [0.4, 0.5) is 16.4 Å². The number of carbonyl (C=O) groups excluding carboxylic acids is 1. The van der Waals surface area contributed by atoms with Crippen molar-refractivity contribution in [2.45, 2.75) is 0 Å². The predicted octanol–water partition coefficient (Wildman–Crippen LogP) is 1.20. The Morgan fingerprint density at radius 1 is 1.64 bits per heavy atom. The minimum Gasteiger partial charge on any atom is -0.453 e. The summed E-state index contributed by atoms with van der Waals surface area (Å²) in [7, 11) is 1.24. The maximum atomic E-state index is 10.8. The van der Waals surface area contributed by atoms with Crippen LogP contribution in [0.2, 0.25) is 5.02 Å². The van der Waals surface area contributed by atoms with Crippen LogP contribution in [0.25, 0.3) is 0 Å². The molecule has 0 atom stereocenters. The van der Waals surface area contributed by atoms with Crippen LogP contribution in [0.15, 0.2) is 12.1 Å². The maximum absolute atomic E-state index is 10.8. The quantitative estimate of drug-likeness (QED) is 0.511. The third-order valence-electron chi connectivity index (χ3n) is 1.40. The highest BCUT2D eigenvalue weighted by Crippen LogP contribution is 2.20. The van der Waals surface area contributed by atoms with Gasteiger partial charge in [0.25, 0.3) is 0 Å². The molecule has 0 saturated carbocycles. The summed E-state index contributed by atoms with van der Waals surface area (Å²) in [4.78, 5) is 14.7. The molecule has 6 nitrogen and oxygen atoms in total. The number of methoxy groups -OCH3 is 1. The van der Waals surface area contributed by atoms with Gasteiger partial charge in [0, 0.05) is 0 Å². The van der Waals surface area contributed by atoms with Crippen LogP contribution < -0.4 is 16.6 Å². The largest absolute Gasteiger partial charge is 0.453 e. The number of amides is 1. The Hall–Kier alpha value is -1.53. The lowest BCUT2D eigenvalue weighted by molar-refractivity contribution is 0.187. The van der Waals surface area contributed by atoms with Crippen molar-refractivity contribution in [3.05, 3.63) is 17.2 Å². The summed E-state index contributed by atoms with van der Waals surface area (Å²) < 4.78 is 4.38. The normalized spacial score (nSPS) is 9.36. The Balaban J connectivity index is 2.89. The van der Waals surface area contributed by atoms with Gasteiger partial charge in [-0.3, -0.25) is 5.32 Å². The van der Waals surface area contributed by atoms with E-state index in [9.17, 15) is 4.79 Å².